The van der Waals surface area contributed by atoms with Crippen molar-refractivity contribution in [1.82, 2.24) is 4.98 Å². The number of nitrogens with one attached hydrogen (secondary N) is 1. The van der Waals surface area contributed by atoms with Crippen LogP contribution in [0.5, 0.6) is 0 Å². The Morgan fingerprint density at radius 2 is 2.17 bits per heavy atom. The molecule has 0 aliphatic heterocycles. The molecular weight excluding hydrogens is 246 g/mol. The number of aromatic nitrogens is 1. The van der Waals surface area contributed by atoms with E-state index in [1.165, 1.54) is 11.3 Å². The maximum Gasteiger partial charge on any atom is 0.257 e. The number of thiazole rings is 1. The van der Waals surface area contributed by atoms with E-state index < -0.39 is 0 Å². The quantitative estimate of drug-likeness (QED) is 0.805. The second-order valence-corrected chi connectivity index (χ2v) is 4.39. The van der Waals surface area contributed by atoms with Crippen LogP contribution in [0, 0.1) is 11.8 Å². The lowest BCUT2D eigenvalue weighted by molar-refractivity contribution is 0.102. The summed E-state index contributed by atoms with van der Waals surface area (Å²) in [6.07, 6.45) is 1.62. The molecule has 18 heavy (non-hydrogen) atoms. The molecule has 0 unspecified atom stereocenters. The van der Waals surface area contributed by atoms with Gasteiger partial charge in [-0.05, 0) is 12.1 Å². The molecule has 5 heteroatoms. The lowest BCUT2D eigenvalue weighted by atomic mass is 10.2. The van der Waals surface area contributed by atoms with Gasteiger partial charge in [-0.3, -0.25) is 10.1 Å². The number of nitrogens with zero attached hydrogens (tertiary/aromatic N) is 1. The third kappa shape index (κ3) is 3.17. The topological polar surface area (TPSA) is 68.0 Å². The minimum Gasteiger partial charge on any atom is -0.320 e. The summed E-state index contributed by atoms with van der Waals surface area (Å²) >= 11 is 1.32. The highest BCUT2D eigenvalue weighted by molar-refractivity contribution is 7.16. The fourth-order valence-corrected chi connectivity index (χ4v) is 1.97. The highest BCUT2D eigenvalue weighted by Gasteiger charge is 2.07. The van der Waals surface area contributed by atoms with Crippen LogP contribution in [-0.4, -0.2) is 17.4 Å². The maximum atomic E-state index is 11.8. The average Bonchev–Trinajstić information content (AvgIpc) is 2.85. The van der Waals surface area contributed by atoms with Gasteiger partial charge >= 0.3 is 0 Å². The van der Waals surface area contributed by atoms with Crippen molar-refractivity contribution in [2.45, 2.75) is 0 Å². The van der Waals surface area contributed by atoms with Crippen molar-refractivity contribution in [1.29, 1.82) is 0 Å². The third-order valence-electron chi connectivity index (χ3n) is 2.08. The summed E-state index contributed by atoms with van der Waals surface area (Å²) in [6, 6.07) is 8.99. The van der Waals surface area contributed by atoms with E-state index in [1.54, 1.807) is 18.3 Å². The molecule has 2 aromatic rings. The zero-order valence-corrected chi connectivity index (χ0v) is 10.3. The largest absolute Gasteiger partial charge is 0.320 e. The van der Waals surface area contributed by atoms with Crippen molar-refractivity contribution < 1.29 is 4.79 Å². The Kier molecular flexibility index (Phi) is 4.07. The molecule has 1 amide bonds. The standard InChI is InChI=1S/C13H11N3OS/c14-8-4-7-11-9-15-13(18-11)16-12(17)10-5-2-1-3-6-10/h1-3,5-6,9H,8,14H2,(H,15,16,17). The van der Waals surface area contributed by atoms with Crippen molar-refractivity contribution in [3.63, 3.8) is 0 Å². The molecule has 0 aliphatic rings. The Balaban J connectivity index is 2.06. The van der Waals surface area contributed by atoms with E-state index >= 15 is 0 Å². The lowest BCUT2D eigenvalue weighted by Crippen LogP contribution is -2.11. The van der Waals surface area contributed by atoms with Crippen LogP contribution < -0.4 is 11.1 Å². The van der Waals surface area contributed by atoms with Crippen LogP contribution in [0.15, 0.2) is 36.5 Å². The number of benzene rings is 1. The van der Waals surface area contributed by atoms with Crippen molar-refractivity contribution >= 4 is 22.4 Å². The van der Waals surface area contributed by atoms with Gasteiger partial charge in [-0.25, -0.2) is 4.98 Å². The number of carbonyl (C=O) groups excluding carboxylic acids is 1. The van der Waals surface area contributed by atoms with Gasteiger partial charge in [-0.1, -0.05) is 41.4 Å². The predicted octanol–water partition coefficient (Wildman–Crippen LogP) is 1.71. The first-order valence-corrected chi connectivity index (χ1v) is 6.12. The van der Waals surface area contributed by atoms with Gasteiger partial charge in [0, 0.05) is 5.56 Å². The van der Waals surface area contributed by atoms with Gasteiger partial charge in [-0.2, -0.15) is 0 Å². The van der Waals surface area contributed by atoms with Crippen LogP contribution in [0.3, 0.4) is 0 Å². The van der Waals surface area contributed by atoms with E-state index in [4.69, 9.17) is 5.73 Å². The summed E-state index contributed by atoms with van der Waals surface area (Å²) in [5.74, 6) is 5.43. The van der Waals surface area contributed by atoms with Gasteiger partial charge in [-0.15, -0.1) is 0 Å². The van der Waals surface area contributed by atoms with E-state index in [0.717, 1.165) is 4.88 Å². The SMILES string of the molecule is NCC#Cc1cnc(NC(=O)c2ccccc2)s1. The Bertz CT molecular complexity index is 595. The smallest absolute Gasteiger partial charge is 0.257 e. The summed E-state index contributed by atoms with van der Waals surface area (Å²) < 4.78 is 0. The van der Waals surface area contributed by atoms with Gasteiger partial charge < -0.3 is 5.73 Å². The van der Waals surface area contributed by atoms with Crippen molar-refractivity contribution in [2.24, 2.45) is 5.73 Å². The molecule has 1 aromatic carbocycles. The average molecular weight is 257 g/mol. The van der Waals surface area contributed by atoms with Crippen LogP contribution in [0.25, 0.3) is 0 Å². The highest BCUT2D eigenvalue weighted by Crippen LogP contribution is 2.17. The van der Waals surface area contributed by atoms with Crippen LogP contribution >= 0.6 is 11.3 Å². The van der Waals surface area contributed by atoms with Crippen LogP contribution in [0.1, 0.15) is 15.2 Å². The molecule has 0 fully saturated rings. The number of hydrogen-bond acceptors (Lipinski definition) is 4. The molecular formula is C13H11N3OS. The molecule has 1 heterocycles. The zero-order valence-electron chi connectivity index (χ0n) is 9.51. The molecule has 0 saturated carbocycles. The fourth-order valence-electron chi connectivity index (χ4n) is 1.29. The molecule has 0 aliphatic carbocycles. The van der Waals surface area contributed by atoms with Crippen molar-refractivity contribution in [3.8, 4) is 11.8 Å². The Morgan fingerprint density at radius 1 is 1.39 bits per heavy atom. The number of rotatable bonds is 2. The monoisotopic (exact) mass is 257 g/mol. The van der Waals surface area contributed by atoms with E-state index in [2.05, 4.69) is 22.1 Å². The summed E-state index contributed by atoms with van der Waals surface area (Å²) in [4.78, 5) is 16.7. The second-order valence-electron chi connectivity index (χ2n) is 3.36. The number of carbonyl (C=O) groups is 1. The summed E-state index contributed by atoms with van der Waals surface area (Å²) in [6.45, 7) is 0.309. The molecule has 0 saturated heterocycles. The summed E-state index contributed by atoms with van der Waals surface area (Å²) in [5, 5.41) is 3.26. The van der Waals surface area contributed by atoms with Crippen LogP contribution in [0.4, 0.5) is 5.13 Å². The third-order valence-corrected chi connectivity index (χ3v) is 2.90. The first-order valence-electron chi connectivity index (χ1n) is 5.31. The van der Waals surface area contributed by atoms with Crippen molar-refractivity contribution in [2.75, 3.05) is 11.9 Å². The lowest BCUT2D eigenvalue weighted by Gasteiger charge is -2.00. The van der Waals surface area contributed by atoms with E-state index in [9.17, 15) is 4.79 Å². The molecule has 0 atom stereocenters. The molecule has 3 N–H and O–H groups in total. The molecule has 0 radical (unpaired) electrons. The van der Waals surface area contributed by atoms with E-state index in [0.29, 0.717) is 17.2 Å². The summed E-state index contributed by atoms with van der Waals surface area (Å²) in [7, 11) is 0. The van der Waals surface area contributed by atoms with Gasteiger partial charge in [0.25, 0.3) is 5.91 Å². The van der Waals surface area contributed by atoms with Crippen LogP contribution in [0.2, 0.25) is 0 Å². The van der Waals surface area contributed by atoms with Gasteiger partial charge in [0.1, 0.15) is 0 Å². The van der Waals surface area contributed by atoms with Crippen molar-refractivity contribution in [3.05, 3.63) is 47.0 Å². The first kappa shape index (κ1) is 12.3. The number of hydrogen-bond donors (Lipinski definition) is 2. The van der Waals surface area contributed by atoms with E-state index in [-0.39, 0.29) is 5.91 Å². The van der Waals surface area contributed by atoms with E-state index in [1.807, 2.05) is 18.2 Å². The Hall–Kier alpha value is -2.16. The summed E-state index contributed by atoms with van der Waals surface area (Å²) in [5.41, 5.74) is 5.88. The number of anilines is 1. The zero-order chi connectivity index (χ0) is 12.8. The molecule has 4 nitrogen and oxygen atoms in total. The minimum absolute atomic E-state index is 0.178. The fraction of sp³-hybridized carbons (Fsp3) is 0.0769. The Morgan fingerprint density at radius 3 is 2.89 bits per heavy atom. The van der Waals surface area contributed by atoms with Gasteiger partial charge in [0.2, 0.25) is 0 Å². The minimum atomic E-state index is -0.178. The molecule has 0 bridgehead atoms. The Labute approximate surface area is 109 Å². The van der Waals surface area contributed by atoms with Gasteiger partial charge in [0.05, 0.1) is 17.6 Å². The normalized spacial score (nSPS) is 9.39. The molecule has 90 valence electrons. The highest BCUT2D eigenvalue weighted by atomic mass is 32.1. The second kappa shape index (κ2) is 5.96. The molecule has 1 aromatic heterocycles. The van der Waals surface area contributed by atoms with Crippen LogP contribution in [-0.2, 0) is 0 Å². The van der Waals surface area contributed by atoms with Gasteiger partial charge in [0.15, 0.2) is 5.13 Å². The number of nitrogens with two attached hydrogens (primary N) is 1. The maximum absolute atomic E-state index is 11.8. The first-order chi connectivity index (χ1) is 8.79. The molecule has 2 rings (SSSR count). The molecule has 0 spiro atoms. The predicted molar refractivity (Wildman–Crippen MR) is 72.4 cm³/mol. The number of amides is 1.